The maximum Gasteiger partial charge on any atom is 0.147 e. The SMILES string of the molecule is Cc1cc(OCc2cc(F)cc(F)c2)c2c(n1)c(C)c(C)n2C1CC1. The largest absolute Gasteiger partial charge is 0.487 e. The molecule has 1 saturated carbocycles. The lowest BCUT2D eigenvalue weighted by Gasteiger charge is -2.13. The predicted octanol–water partition coefficient (Wildman–Crippen LogP) is 5.15. The summed E-state index contributed by atoms with van der Waals surface area (Å²) >= 11 is 0. The van der Waals surface area contributed by atoms with Crippen LogP contribution in [0.1, 0.15) is 41.4 Å². The van der Waals surface area contributed by atoms with E-state index in [2.05, 4.69) is 23.4 Å². The molecule has 0 bridgehead atoms. The van der Waals surface area contributed by atoms with Gasteiger partial charge in [-0.25, -0.2) is 8.78 Å². The minimum atomic E-state index is -0.595. The number of fused-ring (bicyclic) bond motifs is 1. The number of aryl methyl sites for hydroxylation is 2. The summed E-state index contributed by atoms with van der Waals surface area (Å²) in [6.07, 6.45) is 2.32. The lowest BCUT2D eigenvalue weighted by Crippen LogP contribution is -2.02. The van der Waals surface area contributed by atoms with Crippen molar-refractivity contribution in [1.82, 2.24) is 9.55 Å². The molecular weight excluding hydrogens is 322 g/mol. The molecule has 1 aliphatic rings. The van der Waals surface area contributed by atoms with E-state index in [9.17, 15) is 8.78 Å². The molecule has 0 aliphatic heterocycles. The Labute approximate surface area is 145 Å². The Morgan fingerprint density at radius 1 is 1.08 bits per heavy atom. The molecule has 0 saturated heterocycles. The monoisotopic (exact) mass is 342 g/mol. The summed E-state index contributed by atoms with van der Waals surface area (Å²) in [6, 6.07) is 5.85. The van der Waals surface area contributed by atoms with Crippen molar-refractivity contribution in [3.63, 3.8) is 0 Å². The van der Waals surface area contributed by atoms with E-state index in [1.54, 1.807) is 0 Å². The molecule has 3 aromatic rings. The summed E-state index contributed by atoms with van der Waals surface area (Å²) < 4.78 is 35.1. The second-order valence-corrected chi connectivity index (χ2v) is 6.84. The van der Waals surface area contributed by atoms with Gasteiger partial charge in [0, 0.05) is 29.6 Å². The lowest BCUT2D eigenvalue weighted by molar-refractivity contribution is 0.306. The van der Waals surface area contributed by atoms with Crippen molar-refractivity contribution >= 4 is 11.0 Å². The number of rotatable bonds is 4. The topological polar surface area (TPSA) is 27.1 Å². The number of nitrogens with zero attached hydrogens (tertiary/aromatic N) is 2. The molecule has 0 N–H and O–H groups in total. The highest BCUT2D eigenvalue weighted by atomic mass is 19.1. The van der Waals surface area contributed by atoms with Gasteiger partial charge in [0.05, 0.1) is 5.52 Å². The second-order valence-electron chi connectivity index (χ2n) is 6.84. The van der Waals surface area contributed by atoms with Crippen LogP contribution in [0.5, 0.6) is 5.75 Å². The molecule has 4 rings (SSSR count). The van der Waals surface area contributed by atoms with Crippen molar-refractivity contribution in [2.24, 2.45) is 0 Å². The van der Waals surface area contributed by atoms with Gasteiger partial charge in [0.15, 0.2) is 0 Å². The molecule has 2 heterocycles. The Balaban J connectivity index is 1.77. The van der Waals surface area contributed by atoms with E-state index in [0.29, 0.717) is 11.6 Å². The maximum atomic E-state index is 13.4. The molecule has 5 heteroatoms. The Bertz CT molecular complexity index is 953. The fourth-order valence-corrected chi connectivity index (χ4v) is 3.40. The number of benzene rings is 1. The van der Waals surface area contributed by atoms with E-state index in [0.717, 1.165) is 46.9 Å². The van der Waals surface area contributed by atoms with Crippen molar-refractivity contribution in [1.29, 1.82) is 0 Å². The molecule has 25 heavy (non-hydrogen) atoms. The van der Waals surface area contributed by atoms with Gasteiger partial charge < -0.3 is 9.30 Å². The number of pyridine rings is 1. The van der Waals surface area contributed by atoms with Crippen LogP contribution in [0, 0.1) is 32.4 Å². The molecule has 130 valence electrons. The highest BCUT2D eigenvalue weighted by Gasteiger charge is 2.29. The van der Waals surface area contributed by atoms with Crippen molar-refractivity contribution in [2.75, 3.05) is 0 Å². The summed E-state index contributed by atoms with van der Waals surface area (Å²) in [5.41, 5.74) is 5.64. The number of halogens is 2. The van der Waals surface area contributed by atoms with E-state index in [4.69, 9.17) is 4.74 Å². The summed E-state index contributed by atoms with van der Waals surface area (Å²) in [4.78, 5) is 4.69. The Kier molecular flexibility index (Phi) is 3.74. The first-order chi connectivity index (χ1) is 11.9. The molecule has 0 spiro atoms. The van der Waals surface area contributed by atoms with E-state index < -0.39 is 11.6 Å². The van der Waals surface area contributed by atoms with Crippen molar-refractivity contribution in [3.8, 4) is 5.75 Å². The Hall–Kier alpha value is -2.43. The summed E-state index contributed by atoms with van der Waals surface area (Å²) in [5.74, 6) is -0.472. The number of hydrogen-bond donors (Lipinski definition) is 0. The van der Waals surface area contributed by atoms with Crippen LogP contribution in [0.2, 0.25) is 0 Å². The average Bonchev–Trinajstić information content (AvgIpc) is 3.34. The fourth-order valence-electron chi connectivity index (χ4n) is 3.40. The minimum absolute atomic E-state index is 0.112. The lowest BCUT2D eigenvalue weighted by atomic mass is 10.2. The maximum absolute atomic E-state index is 13.4. The van der Waals surface area contributed by atoms with Crippen molar-refractivity contribution in [2.45, 2.75) is 46.3 Å². The molecule has 3 nitrogen and oxygen atoms in total. The average molecular weight is 342 g/mol. The Morgan fingerprint density at radius 2 is 1.76 bits per heavy atom. The second kappa shape index (κ2) is 5.83. The molecule has 0 atom stereocenters. The smallest absolute Gasteiger partial charge is 0.147 e. The Morgan fingerprint density at radius 3 is 2.40 bits per heavy atom. The van der Waals surface area contributed by atoms with E-state index in [-0.39, 0.29) is 6.61 Å². The van der Waals surface area contributed by atoms with Gasteiger partial charge in [-0.2, -0.15) is 0 Å². The van der Waals surface area contributed by atoms with Crippen LogP contribution in [0.4, 0.5) is 8.78 Å². The number of ether oxygens (including phenoxy) is 1. The van der Waals surface area contributed by atoms with Gasteiger partial charge in [0.25, 0.3) is 0 Å². The first-order valence-electron chi connectivity index (χ1n) is 8.50. The molecule has 2 aromatic heterocycles. The summed E-state index contributed by atoms with van der Waals surface area (Å²) in [6.45, 7) is 6.23. The van der Waals surface area contributed by atoms with Crippen LogP contribution in [0.3, 0.4) is 0 Å². The van der Waals surface area contributed by atoms with E-state index in [1.165, 1.54) is 17.8 Å². The zero-order valence-electron chi connectivity index (χ0n) is 14.6. The normalized spacial score (nSPS) is 14.3. The van der Waals surface area contributed by atoms with Gasteiger partial charge in [-0.3, -0.25) is 4.98 Å². The summed E-state index contributed by atoms with van der Waals surface area (Å²) in [5, 5.41) is 0. The zero-order chi connectivity index (χ0) is 17.7. The molecular formula is C20H20F2N2O. The fraction of sp³-hybridized carbons (Fsp3) is 0.350. The van der Waals surface area contributed by atoms with Gasteiger partial charge in [0.1, 0.15) is 29.5 Å². The van der Waals surface area contributed by atoms with E-state index in [1.807, 2.05) is 13.0 Å². The first kappa shape index (κ1) is 16.1. The zero-order valence-corrected chi connectivity index (χ0v) is 14.6. The van der Waals surface area contributed by atoms with Gasteiger partial charge in [-0.15, -0.1) is 0 Å². The summed E-state index contributed by atoms with van der Waals surface area (Å²) in [7, 11) is 0. The van der Waals surface area contributed by atoms with Crippen molar-refractivity contribution < 1.29 is 13.5 Å². The van der Waals surface area contributed by atoms with Gasteiger partial charge in [0.2, 0.25) is 0 Å². The number of aromatic nitrogens is 2. The van der Waals surface area contributed by atoms with Gasteiger partial charge in [-0.1, -0.05) is 0 Å². The molecule has 0 radical (unpaired) electrons. The predicted molar refractivity (Wildman–Crippen MR) is 92.9 cm³/mol. The number of hydrogen-bond acceptors (Lipinski definition) is 2. The molecule has 1 fully saturated rings. The molecule has 1 aromatic carbocycles. The third-order valence-electron chi connectivity index (χ3n) is 4.81. The molecule has 0 amide bonds. The highest BCUT2D eigenvalue weighted by molar-refractivity contribution is 5.87. The third-order valence-corrected chi connectivity index (χ3v) is 4.81. The third kappa shape index (κ3) is 2.88. The van der Waals surface area contributed by atoms with Crippen LogP contribution in [-0.4, -0.2) is 9.55 Å². The van der Waals surface area contributed by atoms with Gasteiger partial charge >= 0.3 is 0 Å². The van der Waals surface area contributed by atoms with Crippen LogP contribution >= 0.6 is 0 Å². The quantitative estimate of drug-likeness (QED) is 0.655. The minimum Gasteiger partial charge on any atom is -0.487 e. The van der Waals surface area contributed by atoms with Crippen LogP contribution in [0.15, 0.2) is 24.3 Å². The molecule has 1 aliphatic carbocycles. The van der Waals surface area contributed by atoms with Crippen LogP contribution < -0.4 is 4.74 Å². The van der Waals surface area contributed by atoms with E-state index >= 15 is 0 Å². The highest BCUT2D eigenvalue weighted by Crippen LogP contribution is 2.43. The first-order valence-corrected chi connectivity index (χ1v) is 8.50. The molecule has 0 unspecified atom stereocenters. The van der Waals surface area contributed by atoms with Crippen LogP contribution in [0.25, 0.3) is 11.0 Å². The van der Waals surface area contributed by atoms with Crippen molar-refractivity contribution in [3.05, 3.63) is 58.4 Å². The standard InChI is InChI=1S/C20H20F2N2O/c1-11-6-18(25-10-14-7-15(21)9-16(22)8-14)20-19(23-11)12(2)13(3)24(20)17-4-5-17/h6-9,17H,4-5,10H2,1-3H3. The van der Waals surface area contributed by atoms with Crippen LogP contribution in [-0.2, 0) is 6.61 Å². The van der Waals surface area contributed by atoms with Gasteiger partial charge in [-0.05, 0) is 56.9 Å².